The lowest BCUT2D eigenvalue weighted by Crippen LogP contribution is -2.14. The van der Waals surface area contributed by atoms with E-state index in [2.05, 4.69) is 32.2 Å². The third-order valence-electron chi connectivity index (χ3n) is 2.79. The first-order valence-corrected chi connectivity index (χ1v) is 6.11. The second-order valence-corrected chi connectivity index (χ2v) is 4.60. The molecule has 3 N–H and O–H groups in total. The van der Waals surface area contributed by atoms with Crippen molar-refractivity contribution in [1.82, 2.24) is 25.3 Å². The van der Waals surface area contributed by atoms with Gasteiger partial charge in [0, 0.05) is 12.0 Å². The molecule has 0 bridgehead atoms. The van der Waals surface area contributed by atoms with Gasteiger partial charge in [0.1, 0.15) is 6.33 Å². The highest BCUT2D eigenvalue weighted by Gasteiger charge is 2.16. The van der Waals surface area contributed by atoms with Crippen molar-refractivity contribution in [3.8, 4) is 11.6 Å². The van der Waals surface area contributed by atoms with Gasteiger partial charge >= 0.3 is 0 Å². The van der Waals surface area contributed by atoms with E-state index in [9.17, 15) is 0 Å². The molecule has 18 heavy (non-hydrogen) atoms. The first-order valence-electron chi connectivity index (χ1n) is 6.11. The molecule has 0 radical (unpaired) electrons. The van der Waals surface area contributed by atoms with Gasteiger partial charge < -0.3 is 10.3 Å². The molecule has 0 aromatic carbocycles. The Balaban J connectivity index is 1.93. The van der Waals surface area contributed by atoms with Crippen LogP contribution in [0, 0.1) is 0 Å². The van der Waals surface area contributed by atoms with Gasteiger partial charge in [0.2, 0.25) is 11.7 Å². The van der Waals surface area contributed by atoms with Crippen LogP contribution in [0.15, 0.2) is 10.9 Å². The number of H-pyrrole nitrogens is 1. The zero-order valence-electron chi connectivity index (χ0n) is 10.6. The highest BCUT2D eigenvalue weighted by atomic mass is 16.5. The molecule has 2 rings (SSSR count). The summed E-state index contributed by atoms with van der Waals surface area (Å²) in [6, 6.07) is 0.240. The fourth-order valence-electron chi connectivity index (χ4n) is 1.71. The van der Waals surface area contributed by atoms with Crippen molar-refractivity contribution in [2.24, 2.45) is 5.73 Å². The van der Waals surface area contributed by atoms with Crippen LogP contribution in [0.2, 0.25) is 0 Å². The fourth-order valence-corrected chi connectivity index (χ4v) is 1.71. The number of hydrogen-bond donors (Lipinski definition) is 2. The van der Waals surface area contributed by atoms with E-state index in [1.807, 2.05) is 6.92 Å². The monoisotopic (exact) mass is 250 g/mol. The normalized spacial score (nSPS) is 14.6. The van der Waals surface area contributed by atoms with E-state index >= 15 is 0 Å². The highest BCUT2D eigenvalue weighted by Crippen LogP contribution is 2.21. The third kappa shape index (κ3) is 3.13. The van der Waals surface area contributed by atoms with Crippen LogP contribution in [0.5, 0.6) is 0 Å². The maximum atomic E-state index is 5.71. The minimum atomic E-state index is 0.230. The Kier molecular flexibility index (Phi) is 4.03. The van der Waals surface area contributed by atoms with Gasteiger partial charge in [0.15, 0.2) is 5.82 Å². The van der Waals surface area contributed by atoms with Crippen LogP contribution in [0.1, 0.15) is 44.9 Å². The van der Waals surface area contributed by atoms with Gasteiger partial charge in [-0.3, -0.25) is 5.10 Å². The van der Waals surface area contributed by atoms with Crippen molar-refractivity contribution in [3.63, 3.8) is 0 Å². The van der Waals surface area contributed by atoms with Crippen LogP contribution in [0.25, 0.3) is 11.6 Å². The van der Waals surface area contributed by atoms with E-state index < -0.39 is 0 Å². The topological polar surface area (TPSA) is 107 Å². The summed E-state index contributed by atoms with van der Waals surface area (Å²) >= 11 is 0. The van der Waals surface area contributed by atoms with Crippen molar-refractivity contribution in [1.29, 1.82) is 0 Å². The third-order valence-corrected chi connectivity index (χ3v) is 2.79. The standard InChI is InChI=1S/C11H18N6O/c1-7(4-3-5-8(2)12)11-15-10(17-18-11)9-13-6-14-16-9/h6-8H,3-5,12H2,1-2H3,(H,13,14,16). The molecule has 0 saturated heterocycles. The van der Waals surface area contributed by atoms with Gasteiger partial charge in [-0.2, -0.15) is 10.1 Å². The van der Waals surface area contributed by atoms with E-state index in [-0.39, 0.29) is 12.0 Å². The SMILES string of the molecule is CC(N)CCCC(C)c1nc(-c2ncn[nH]2)no1. The Bertz CT molecular complexity index is 464. The molecule has 2 atom stereocenters. The van der Waals surface area contributed by atoms with Gasteiger partial charge in [-0.1, -0.05) is 18.5 Å². The number of nitrogens with zero attached hydrogens (tertiary/aromatic N) is 4. The molecule has 2 unspecified atom stereocenters. The smallest absolute Gasteiger partial charge is 0.239 e. The maximum absolute atomic E-state index is 5.71. The maximum Gasteiger partial charge on any atom is 0.239 e. The molecule has 98 valence electrons. The molecule has 0 aliphatic rings. The molecule has 0 spiro atoms. The van der Waals surface area contributed by atoms with E-state index in [0.29, 0.717) is 17.5 Å². The Morgan fingerprint density at radius 2 is 2.22 bits per heavy atom. The zero-order valence-corrected chi connectivity index (χ0v) is 10.6. The van der Waals surface area contributed by atoms with E-state index in [1.54, 1.807) is 0 Å². The lowest BCUT2D eigenvalue weighted by atomic mass is 10.0. The Morgan fingerprint density at radius 3 is 2.89 bits per heavy atom. The van der Waals surface area contributed by atoms with Crippen molar-refractivity contribution >= 4 is 0 Å². The van der Waals surface area contributed by atoms with Gasteiger partial charge in [-0.15, -0.1) is 0 Å². The number of hydrogen-bond acceptors (Lipinski definition) is 6. The van der Waals surface area contributed by atoms with Gasteiger partial charge in [-0.25, -0.2) is 4.98 Å². The Morgan fingerprint density at radius 1 is 1.39 bits per heavy atom. The molecule has 2 heterocycles. The first-order chi connectivity index (χ1) is 8.66. The molecular weight excluding hydrogens is 232 g/mol. The number of nitrogens with two attached hydrogens (primary N) is 1. The minimum Gasteiger partial charge on any atom is -0.339 e. The largest absolute Gasteiger partial charge is 0.339 e. The van der Waals surface area contributed by atoms with Crippen LogP contribution in [-0.4, -0.2) is 31.4 Å². The van der Waals surface area contributed by atoms with E-state index in [1.165, 1.54) is 6.33 Å². The summed E-state index contributed by atoms with van der Waals surface area (Å²) in [5, 5.41) is 10.3. The van der Waals surface area contributed by atoms with Crippen LogP contribution in [0.4, 0.5) is 0 Å². The predicted octanol–water partition coefficient (Wildman–Crippen LogP) is 1.48. The molecule has 0 fully saturated rings. The van der Waals surface area contributed by atoms with E-state index in [4.69, 9.17) is 10.3 Å². The lowest BCUT2D eigenvalue weighted by Gasteiger charge is -2.07. The second kappa shape index (κ2) is 5.72. The summed E-state index contributed by atoms with van der Waals surface area (Å²) in [5.74, 6) is 1.83. The summed E-state index contributed by atoms with van der Waals surface area (Å²) in [6.45, 7) is 4.08. The predicted molar refractivity (Wildman–Crippen MR) is 65.6 cm³/mol. The van der Waals surface area contributed by atoms with Crippen LogP contribution >= 0.6 is 0 Å². The average Bonchev–Trinajstić information content (AvgIpc) is 2.99. The summed E-state index contributed by atoms with van der Waals surface area (Å²) in [6.07, 6.45) is 4.46. The van der Waals surface area contributed by atoms with Crippen LogP contribution < -0.4 is 5.73 Å². The lowest BCUT2D eigenvalue weighted by molar-refractivity contribution is 0.349. The Labute approximate surface area is 105 Å². The Hall–Kier alpha value is -1.76. The van der Waals surface area contributed by atoms with E-state index in [0.717, 1.165) is 19.3 Å². The fraction of sp³-hybridized carbons (Fsp3) is 0.636. The molecule has 7 heteroatoms. The summed E-state index contributed by atoms with van der Waals surface area (Å²) in [4.78, 5) is 8.28. The molecule has 0 amide bonds. The number of nitrogens with one attached hydrogen (secondary N) is 1. The van der Waals surface area contributed by atoms with Crippen LogP contribution in [0.3, 0.4) is 0 Å². The molecular formula is C11H18N6O. The summed E-state index contributed by atoms with van der Waals surface area (Å²) in [5.41, 5.74) is 5.71. The molecule has 2 aromatic rings. The van der Waals surface area contributed by atoms with Gasteiger partial charge in [0.05, 0.1) is 0 Å². The summed E-state index contributed by atoms with van der Waals surface area (Å²) < 4.78 is 5.23. The summed E-state index contributed by atoms with van der Waals surface area (Å²) in [7, 11) is 0. The molecule has 2 aromatic heterocycles. The van der Waals surface area contributed by atoms with Gasteiger partial charge in [0.25, 0.3) is 0 Å². The number of aromatic nitrogens is 5. The number of rotatable bonds is 6. The molecule has 0 aliphatic carbocycles. The van der Waals surface area contributed by atoms with Gasteiger partial charge in [-0.05, 0) is 19.8 Å². The molecule has 0 saturated carbocycles. The van der Waals surface area contributed by atoms with Crippen molar-refractivity contribution in [2.75, 3.05) is 0 Å². The number of aromatic amines is 1. The van der Waals surface area contributed by atoms with Crippen molar-refractivity contribution in [2.45, 2.75) is 45.1 Å². The van der Waals surface area contributed by atoms with Crippen LogP contribution in [-0.2, 0) is 0 Å². The minimum absolute atomic E-state index is 0.230. The molecule has 7 nitrogen and oxygen atoms in total. The van der Waals surface area contributed by atoms with Crippen molar-refractivity contribution < 1.29 is 4.52 Å². The average molecular weight is 250 g/mol. The first kappa shape index (κ1) is 12.7. The second-order valence-electron chi connectivity index (χ2n) is 4.60. The zero-order chi connectivity index (χ0) is 13.0. The highest BCUT2D eigenvalue weighted by molar-refractivity contribution is 5.39. The quantitative estimate of drug-likeness (QED) is 0.804. The van der Waals surface area contributed by atoms with Crippen molar-refractivity contribution in [3.05, 3.63) is 12.2 Å². The molecule has 0 aliphatic heterocycles.